The fourth-order valence-electron chi connectivity index (χ4n) is 1.35. The molecule has 0 radical (unpaired) electrons. The molecule has 0 spiro atoms. The zero-order valence-corrected chi connectivity index (χ0v) is 8.91. The highest BCUT2D eigenvalue weighted by Crippen LogP contribution is 2.31. The summed E-state index contributed by atoms with van der Waals surface area (Å²) in [6, 6.07) is 9.66. The fraction of sp³-hybridized carbons (Fsp3) is 0.0909. The van der Waals surface area contributed by atoms with Crippen LogP contribution in [0, 0.1) is 11.3 Å². The third kappa shape index (κ3) is 1.69. The first-order valence-corrected chi connectivity index (χ1v) is 5.18. The van der Waals surface area contributed by atoms with Crippen LogP contribution in [0.3, 0.4) is 0 Å². The second kappa shape index (κ2) is 4.11. The van der Waals surface area contributed by atoms with Gasteiger partial charge in [0.05, 0.1) is 12.7 Å². The van der Waals surface area contributed by atoms with Gasteiger partial charge in [0.1, 0.15) is 17.5 Å². The van der Waals surface area contributed by atoms with Crippen LogP contribution in [0.15, 0.2) is 29.6 Å². The summed E-state index contributed by atoms with van der Waals surface area (Å²) in [6.45, 7) is 0. The van der Waals surface area contributed by atoms with E-state index >= 15 is 0 Å². The number of ether oxygens (including phenoxy) is 1. The quantitative estimate of drug-likeness (QED) is 0.775. The molecule has 0 amide bonds. The lowest BCUT2D eigenvalue weighted by Gasteiger charge is -2.05. The lowest BCUT2D eigenvalue weighted by atomic mass is 10.1. The van der Waals surface area contributed by atoms with E-state index in [1.807, 2.05) is 24.3 Å². The number of rotatable bonds is 2. The van der Waals surface area contributed by atoms with Crippen molar-refractivity contribution in [3.05, 3.63) is 35.2 Å². The normalized spacial score (nSPS) is 9.60. The summed E-state index contributed by atoms with van der Waals surface area (Å²) in [4.78, 5) is 0. The monoisotopic (exact) mass is 216 g/mol. The van der Waals surface area contributed by atoms with Gasteiger partial charge in [-0.1, -0.05) is 12.1 Å². The molecule has 0 fully saturated rings. The molecule has 0 aliphatic heterocycles. The number of benzene rings is 1. The van der Waals surface area contributed by atoms with Crippen molar-refractivity contribution >= 4 is 11.5 Å². The molecule has 1 aromatic heterocycles. The second-order valence-corrected chi connectivity index (χ2v) is 3.52. The van der Waals surface area contributed by atoms with Crippen LogP contribution in [0.25, 0.3) is 11.3 Å². The van der Waals surface area contributed by atoms with E-state index in [1.54, 1.807) is 12.5 Å². The Morgan fingerprint density at radius 1 is 1.40 bits per heavy atom. The lowest BCUT2D eigenvalue weighted by Crippen LogP contribution is -1.88. The van der Waals surface area contributed by atoms with E-state index in [1.165, 1.54) is 11.5 Å². The second-order valence-electron chi connectivity index (χ2n) is 2.89. The molecule has 0 atom stereocenters. The maximum absolute atomic E-state index is 8.91. The predicted octanol–water partition coefficient (Wildman–Crippen LogP) is 2.69. The third-order valence-corrected chi connectivity index (χ3v) is 2.68. The molecule has 0 saturated carbocycles. The maximum atomic E-state index is 8.91. The Labute approximate surface area is 91.7 Å². The van der Waals surface area contributed by atoms with E-state index in [2.05, 4.69) is 10.4 Å². The molecule has 3 nitrogen and oxygen atoms in total. The summed E-state index contributed by atoms with van der Waals surface area (Å²) in [6.07, 6.45) is 0. The number of hydrogen-bond acceptors (Lipinski definition) is 4. The van der Waals surface area contributed by atoms with E-state index < -0.39 is 0 Å². The van der Waals surface area contributed by atoms with Gasteiger partial charge in [0, 0.05) is 10.9 Å². The largest absolute Gasteiger partial charge is 0.496 e. The van der Waals surface area contributed by atoms with E-state index in [-0.39, 0.29) is 0 Å². The van der Waals surface area contributed by atoms with Crippen LogP contribution in [0.5, 0.6) is 5.75 Å². The highest BCUT2D eigenvalue weighted by Gasteiger charge is 2.11. The van der Waals surface area contributed by atoms with Crippen molar-refractivity contribution in [3.63, 3.8) is 0 Å². The molecule has 4 heteroatoms. The van der Waals surface area contributed by atoms with Crippen molar-refractivity contribution in [1.82, 2.24) is 4.37 Å². The number of methoxy groups -OCH3 is 1. The van der Waals surface area contributed by atoms with Crippen LogP contribution in [-0.4, -0.2) is 11.5 Å². The van der Waals surface area contributed by atoms with Crippen molar-refractivity contribution in [1.29, 1.82) is 5.26 Å². The molecular formula is C11H8N2OS. The zero-order valence-electron chi connectivity index (χ0n) is 8.10. The van der Waals surface area contributed by atoms with Crippen molar-refractivity contribution < 1.29 is 4.74 Å². The van der Waals surface area contributed by atoms with Gasteiger partial charge in [-0.05, 0) is 23.7 Å². The fourth-order valence-corrected chi connectivity index (χ4v) is 1.98. The Kier molecular flexibility index (Phi) is 2.66. The molecule has 15 heavy (non-hydrogen) atoms. The maximum Gasteiger partial charge on any atom is 0.128 e. The number of nitriles is 1. The number of para-hydroxylation sites is 1. The predicted molar refractivity (Wildman–Crippen MR) is 58.8 cm³/mol. The first kappa shape index (κ1) is 9.69. The smallest absolute Gasteiger partial charge is 0.128 e. The first-order chi connectivity index (χ1) is 7.36. The van der Waals surface area contributed by atoms with Gasteiger partial charge in [0.25, 0.3) is 0 Å². The molecule has 0 bridgehead atoms. The highest BCUT2D eigenvalue weighted by molar-refractivity contribution is 7.04. The van der Waals surface area contributed by atoms with Crippen LogP contribution < -0.4 is 4.74 Å². The molecule has 74 valence electrons. The summed E-state index contributed by atoms with van der Waals surface area (Å²) in [5, 5.41) is 10.6. The van der Waals surface area contributed by atoms with Gasteiger partial charge in [-0.15, -0.1) is 0 Å². The average Bonchev–Trinajstić information content (AvgIpc) is 2.76. The van der Waals surface area contributed by atoms with Gasteiger partial charge in [0.2, 0.25) is 0 Å². The zero-order chi connectivity index (χ0) is 10.7. The molecular weight excluding hydrogens is 208 g/mol. The molecule has 0 saturated heterocycles. The van der Waals surface area contributed by atoms with E-state index in [0.717, 1.165) is 11.3 Å². The topological polar surface area (TPSA) is 45.9 Å². The molecule has 0 aliphatic rings. The molecule has 0 aliphatic carbocycles. The molecule has 2 rings (SSSR count). The Bertz CT molecular complexity index is 513. The summed E-state index contributed by atoms with van der Waals surface area (Å²) in [7, 11) is 1.61. The minimum Gasteiger partial charge on any atom is -0.496 e. The molecule has 1 heterocycles. The standard InChI is InChI=1S/C11H8N2OS/c1-14-10-5-3-2-4-9(10)11-8(6-12)7-15-13-11/h2-5,7H,1H3. The van der Waals surface area contributed by atoms with Crippen LogP contribution >= 0.6 is 11.5 Å². The third-order valence-electron chi connectivity index (χ3n) is 2.05. The van der Waals surface area contributed by atoms with E-state index in [4.69, 9.17) is 10.00 Å². The van der Waals surface area contributed by atoms with Gasteiger partial charge < -0.3 is 4.74 Å². The summed E-state index contributed by atoms with van der Waals surface area (Å²) in [5.74, 6) is 0.736. The van der Waals surface area contributed by atoms with Crippen LogP contribution in [0.4, 0.5) is 0 Å². The van der Waals surface area contributed by atoms with Crippen molar-refractivity contribution in [2.24, 2.45) is 0 Å². The Morgan fingerprint density at radius 2 is 2.20 bits per heavy atom. The summed E-state index contributed by atoms with van der Waals surface area (Å²) < 4.78 is 9.43. The van der Waals surface area contributed by atoms with Crippen LogP contribution in [0.2, 0.25) is 0 Å². The van der Waals surface area contributed by atoms with Crippen molar-refractivity contribution in [2.75, 3.05) is 7.11 Å². The molecule has 0 N–H and O–H groups in total. The number of hydrogen-bond donors (Lipinski definition) is 0. The Balaban J connectivity index is 2.59. The lowest BCUT2D eigenvalue weighted by molar-refractivity contribution is 0.416. The first-order valence-electron chi connectivity index (χ1n) is 4.34. The van der Waals surface area contributed by atoms with E-state index in [0.29, 0.717) is 11.3 Å². The van der Waals surface area contributed by atoms with Gasteiger partial charge >= 0.3 is 0 Å². The SMILES string of the molecule is COc1ccccc1-c1nscc1C#N. The van der Waals surface area contributed by atoms with Crippen LogP contribution in [-0.2, 0) is 0 Å². The minimum atomic E-state index is 0.588. The van der Waals surface area contributed by atoms with Crippen molar-refractivity contribution in [3.8, 4) is 23.1 Å². The Morgan fingerprint density at radius 3 is 2.93 bits per heavy atom. The molecule has 2 aromatic rings. The Hall–Kier alpha value is -1.86. The van der Waals surface area contributed by atoms with Gasteiger partial charge in [0.15, 0.2) is 0 Å². The summed E-state index contributed by atoms with van der Waals surface area (Å²) in [5.41, 5.74) is 2.14. The minimum absolute atomic E-state index is 0.588. The van der Waals surface area contributed by atoms with Gasteiger partial charge in [-0.3, -0.25) is 0 Å². The van der Waals surface area contributed by atoms with Gasteiger partial charge in [-0.2, -0.15) is 9.64 Å². The van der Waals surface area contributed by atoms with Crippen LogP contribution in [0.1, 0.15) is 5.56 Å². The van der Waals surface area contributed by atoms with E-state index in [9.17, 15) is 0 Å². The number of nitrogens with zero attached hydrogens (tertiary/aromatic N) is 2. The summed E-state index contributed by atoms with van der Waals surface area (Å²) >= 11 is 1.28. The van der Waals surface area contributed by atoms with Crippen molar-refractivity contribution in [2.45, 2.75) is 0 Å². The molecule has 0 unspecified atom stereocenters. The number of aromatic nitrogens is 1. The van der Waals surface area contributed by atoms with Gasteiger partial charge in [-0.25, -0.2) is 0 Å². The highest BCUT2D eigenvalue weighted by atomic mass is 32.1. The average molecular weight is 216 g/mol. The molecule has 1 aromatic carbocycles.